The molecule has 5 nitrogen and oxygen atoms in total. The fraction of sp³-hybridized carbons (Fsp3) is 0.300. The standard InChI is InChI=1S/C20H21FN2O3/c21-18-8-4-3-6-16(18)15-5-1-2-7-17(15)20(26)22-14-9-11-23(12-10-14)13-19(24)25/h1-8,14H,9-13H2,(H,22,26)(H,24,25). The number of carboxylic acids is 1. The van der Waals surface area contributed by atoms with Crippen LogP contribution >= 0.6 is 0 Å². The Kier molecular flexibility index (Phi) is 5.63. The van der Waals surface area contributed by atoms with Crippen molar-refractivity contribution in [3.05, 3.63) is 59.9 Å². The fourth-order valence-electron chi connectivity index (χ4n) is 3.29. The van der Waals surface area contributed by atoms with Crippen LogP contribution in [0.25, 0.3) is 11.1 Å². The number of nitrogens with one attached hydrogen (secondary N) is 1. The van der Waals surface area contributed by atoms with E-state index in [9.17, 15) is 14.0 Å². The van der Waals surface area contributed by atoms with Crippen LogP contribution in [0, 0.1) is 5.82 Å². The van der Waals surface area contributed by atoms with E-state index in [-0.39, 0.29) is 24.3 Å². The van der Waals surface area contributed by atoms with Crippen LogP contribution in [-0.2, 0) is 4.79 Å². The summed E-state index contributed by atoms with van der Waals surface area (Å²) in [5, 5.41) is 11.8. The van der Waals surface area contributed by atoms with E-state index in [1.54, 1.807) is 42.5 Å². The smallest absolute Gasteiger partial charge is 0.317 e. The van der Waals surface area contributed by atoms with Gasteiger partial charge in [-0.1, -0.05) is 36.4 Å². The number of hydrogen-bond donors (Lipinski definition) is 2. The Morgan fingerprint density at radius 2 is 1.65 bits per heavy atom. The van der Waals surface area contributed by atoms with Gasteiger partial charge in [0.25, 0.3) is 5.91 Å². The number of carboxylic acid groups (broad SMARTS) is 1. The number of carbonyl (C=O) groups is 2. The van der Waals surface area contributed by atoms with E-state index < -0.39 is 5.97 Å². The van der Waals surface area contributed by atoms with Crippen molar-refractivity contribution < 1.29 is 19.1 Å². The van der Waals surface area contributed by atoms with E-state index in [4.69, 9.17) is 5.11 Å². The van der Waals surface area contributed by atoms with E-state index in [1.807, 2.05) is 4.90 Å². The molecule has 2 aromatic carbocycles. The van der Waals surface area contributed by atoms with Gasteiger partial charge in [0, 0.05) is 30.3 Å². The summed E-state index contributed by atoms with van der Waals surface area (Å²) in [6.45, 7) is 1.29. The van der Waals surface area contributed by atoms with Gasteiger partial charge < -0.3 is 10.4 Å². The third-order valence-electron chi connectivity index (χ3n) is 4.62. The lowest BCUT2D eigenvalue weighted by Crippen LogP contribution is -2.46. The molecule has 26 heavy (non-hydrogen) atoms. The van der Waals surface area contributed by atoms with E-state index in [0.29, 0.717) is 42.6 Å². The van der Waals surface area contributed by atoms with Crippen molar-refractivity contribution in [1.29, 1.82) is 0 Å². The van der Waals surface area contributed by atoms with Crippen molar-refractivity contribution in [2.75, 3.05) is 19.6 Å². The number of likely N-dealkylation sites (tertiary alicyclic amines) is 1. The number of halogens is 1. The second kappa shape index (κ2) is 8.10. The molecule has 2 aromatic rings. The van der Waals surface area contributed by atoms with Crippen molar-refractivity contribution in [2.24, 2.45) is 0 Å². The molecule has 0 radical (unpaired) electrons. The summed E-state index contributed by atoms with van der Waals surface area (Å²) in [5.41, 5.74) is 1.39. The van der Waals surface area contributed by atoms with Gasteiger partial charge in [-0.3, -0.25) is 14.5 Å². The predicted octanol–water partition coefficient (Wildman–Crippen LogP) is 2.77. The highest BCUT2D eigenvalue weighted by atomic mass is 19.1. The maximum absolute atomic E-state index is 14.1. The van der Waals surface area contributed by atoms with Crippen LogP contribution in [0.3, 0.4) is 0 Å². The minimum absolute atomic E-state index is 0.0128. The van der Waals surface area contributed by atoms with Gasteiger partial charge in [0.1, 0.15) is 5.82 Å². The van der Waals surface area contributed by atoms with Crippen molar-refractivity contribution in [2.45, 2.75) is 18.9 Å². The summed E-state index contributed by atoms with van der Waals surface area (Å²) < 4.78 is 14.1. The number of amides is 1. The molecule has 6 heteroatoms. The average Bonchev–Trinajstić information content (AvgIpc) is 2.63. The zero-order valence-corrected chi connectivity index (χ0v) is 14.3. The third kappa shape index (κ3) is 4.26. The molecule has 3 rings (SSSR count). The molecule has 1 aliphatic heterocycles. The molecular formula is C20H21FN2O3. The van der Waals surface area contributed by atoms with Gasteiger partial charge in [-0.15, -0.1) is 0 Å². The number of hydrogen-bond acceptors (Lipinski definition) is 3. The maximum Gasteiger partial charge on any atom is 0.317 e. The normalized spacial score (nSPS) is 15.6. The zero-order chi connectivity index (χ0) is 18.5. The molecule has 1 amide bonds. The van der Waals surface area contributed by atoms with Crippen molar-refractivity contribution in [3.63, 3.8) is 0 Å². The first-order chi connectivity index (χ1) is 12.5. The highest BCUT2D eigenvalue weighted by Gasteiger charge is 2.23. The van der Waals surface area contributed by atoms with E-state index in [0.717, 1.165) is 0 Å². The van der Waals surface area contributed by atoms with E-state index >= 15 is 0 Å². The van der Waals surface area contributed by atoms with Gasteiger partial charge in [-0.2, -0.15) is 0 Å². The van der Waals surface area contributed by atoms with Crippen LogP contribution in [0.4, 0.5) is 4.39 Å². The Balaban J connectivity index is 1.70. The van der Waals surface area contributed by atoms with Gasteiger partial charge >= 0.3 is 5.97 Å². The van der Waals surface area contributed by atoms with Crippen LogP contribution < -0.4 is 5.32 Å². The van der Waals surface area contributed by atoms with Gasteiger partial charge in [0.05, 0.1) is 6.54 Å². The van der Waals surface area contributed by atoms with Crippen molar-refractivity contribution in [3.8, 4) is 11.1 Å². The number of carbonyl (C=O) groups excluding carboxylic acids is 1. The Morgan fingerprint density at radius 3 is 2.31 bits per heavy atom. The van der Waals surface area contributed by atoms with Crippen LogP contribution in [-0.4, -0.2) is 47.6 Å². The number of piperidine rings is 1. The molecule has 0 unspecified atom stereocenters. The molecule has 2 N–H and O–H groups in total. The Hall–Kier alpha value is -2.73. The van der Waals surface area contributed by atoms with Crippen LogP contribution in [0.2, 0.25) is 0 Å². The molecule has 1 aliphatic rings. The maximum atomic E-state index is 14.1. The lowest BCUT2D eigenvalue weighted by Gasteiger charge is -2.31. The summed E-state index contributed by atoms with van der Waals surface area (Å²) in [6.07, 6.45) is 1.39. The first-order valence-corrected chi connectivity index (χ1v) is 8.63. The minimum atomic E-state index is -0.841. The van der Waals surface area contributed by atoms with Crippen molar-refractivity contribution in [1.82, 2.24) is 10.2 Å². The monoisotopic (exact) mass is 356 g/mol. The first kappa shape index (κ1) is 18.1. The molecule has 136 valence electrons. The summed E-state index contributed by atoms with van der Waals surface area (Å²) >= 11 is 0. The fourth-order valence-corrected chi connectivity index (χ4v) is 3.29. The van der Waals surface area contributed by atoms with Gasteiger partial charge in [-0.05, 0) is 30.5 Å². The number of aliphatic carboxylic acids is 1. The Morgan fingerprint density at radius 1 is 1.04 bits per heavy atom. The summed E-state index contributed by atoms with van der Waals surface area (Å²) in [7, 11) is 0. The van der Waals surface area contributed by atoms with Crippen LogP contribution in [0.15, 0.2) is 48.5 Å². The lowest BCUT2D eigenvalue weighted by atomic mass is 9.97. The molecule has 0 aliphatic carbocycles. The first-order valence-electron chi connectivity index (χ1n) is 8.63. The predicted molar refractivity (Wildman–Crippen MR) is 96.4 cm³/mol. The lowest BCUT2D eigenvalue weighted by molar-refractivity contribution is -0.138. The van der Waals surface area contributed by atoms with Gasteiger partial charge in [0.15, 0.2) is 0 Å². The second-order valence-electron chi connectivity index (χ2n) is 6.44. The largest absolute Gasteiger partial charge is 0.480 e. The molecule has 0 saturated carbocycles. The Labute approximate surface area is 151 Å². The minimum Gasteiger partial charge on any atom is -0.480 e. The summed E-state index contributed by atoms with van der Waals surface area (Å²) in [6, 6.07) is 13.4. The summed E-state index contributed by atoms with van der Waals surface area (Å²) in [5.74, 6) is -1.44. The molecule has 1 saturated heterocycles. The van der Waals surface area contributed by atoms with Gasteiger partial charge in [-0.25, -0.2) is 4.39 Å². The number of rotatable bonds is 5. The zero-order valence-electron chi connectivity index (χ0n) is 14.3. The molecule has 0 aromatic heterocycles. The molecular weight excluding hydrogens is 335 g/mol. The van der Waals surface area contributed by atoms with Crippen LogP contribution in [0.5, 0.6) is 0 Å². The van der Waals surface area contributed by atoms with E-state index in [2.05, 4.69) is 5.32 Å². The van der Waals surface area contributed by atoms with Crippen LogP contribution in [0.1, 0.15) is 23.2 Å². The third-order valence-corrected chi connectivity index (χ3v) is 4.62. The highest BCUT2D eigenvalue weighted by Crippen LogP contribution is 2.26. The van der Waals surface area contributed by atoms with E-state index in [1.165, 1.54) is 6.07 Å². The molecule has 1 heterocycles. The molecule has 0 atom stereocenters. The summed E-state index contributed by atoms with van der Waals surface area (Å²) in [4.78, 5) is 25.4. The Bertz CT molecular complexity index is 801. The molecule has 0 spiro atoms. The molecule has 1 fully saturated rings. The highest BCUT2D eigenvalue weighted by molar-refractivity contribution is 6.01. The van der Waals surface area contributed by atoms with Gasteiger partial charge in [0.2, 0.25) is 0 Å². The number of benzene rings is 2. The topological polar surface area (TPSA) is 69.6 Å². The van der Waals surface area contributed by atoms with Crippen molar-refractivity contribution >= 4 is 11.9 Å². The SMILES string of the molecule is O=C(O)CN1CCC(NC(=O)c2ccccc2-c2ccccc2F)CC1. The number of nitrogens with zero attached hydrogens (tertiary/aromatic N) is 1. The molecule has 0 bridgehead atoms. The quantitative estimate of drug-likeness (QED) is 0.864. The average molecular weight is 356 g/mol. The second-order valence-corrected chi connectivity index (χ2v) is 6.44.